The second-order valence-electron chi connectivity index (χ2n) is 4.45. The summed E-state index contributed by atoms with van der Waals surface area (Å²) in [4.78, 5) is 0. The minimum Gasteiger partial charge on any atom is -0.396 e. The van der Waals surface area contributed by atoms with Gasteiger partial charge in [-0.15, -0.1) is 0 Å². The summed E-state index contributed by atoms with van der Waals surface area (Å²) in [6.07, 6.45) is 3.58. The third kappa shape index (κ3) is 2.84. The van der Waals surface area contributed by atoms with E-state index in [0.717, 1.165) is 17.4 Å². The number of hydrogen-bond donors (Lipinski definition) is 2. The maximum atomic E-state index is 9.24. The van der Waals surface area contributed by atoms with Crippen LogP contribution in [0.2, 0.25) is 0 Å². The first-order valence-corrected chi connectivity index (χ1v) is 6.68. The molecule has 1 aliphatic carbocycles. The molecule has 1 saturated carbocycles. The highest BCUT2D eigenvalue weighted by Gasteiger charge is 2.25. The summed E-state index contributed by atoms with van der Waals surface area (Å²) in [5.74, 6) is 0.447. The van der Waals surface area contributed by atoms with Gasteiger partial charge < -0.3 is 10.4 Å². The fourth-order valence-electron chi connectivity index (χ4n) is 2.41. The van der Waals surface area contributed by atoms with Gasteiger partial charge in [-0.2, -0.15) is 0 Å². The second kappa shape index (κ2) is 5.80. The molecule has 0 aromatic heterocycles. The topological polar surface area (TPSA) is 32.3 Å². The highest BCUT2D eigenvalue weighted by Crippen LogP contribution is 2.25. The van der Waals surface area contributed by atoms with E-state index in [0.29, 0.717) is 18.6 Å². The molecule has 1 fully saturated rings. The normalized spacial score (nSPS) is 24.9. The number of aliphatic hydroxyl groups is 1. The summed E-state index contributed by atoms with van der Waals surface area (Å²) in [6.45, 7) is 1.19. The van der Waals surface area contributed by atoms with Crippen LogP contribution in [0.15, 0.2) is 28.7 Å². The van der Waals surface area contributed by atoms with Crippen molar-refractivity contribution in [2.24, 2.45) is 5.92 Å². The van der Waals surface area contributed by atoms with Gasteiger partial charge in [-0.05, 0) is 30.4 Å². The molecule has 0 heterocycles. The average molecular weight is 284 g/mol. The van der Waals surface area contributed by atoms with Crippen molar-refractivity contribution in [3.8, 4) is 0 Å². The number of benzene rings is 1. The van der Waals surface area contributed by atoms with Crippen LogP contribution < -0.4 is 5.32 Å². The third-order valence-electron chi connectivity index (χ3n) is 3.41. The predicted octanol–water partition coefficient (Wildman–Crippen LogP) is 2.70. The van der Waals surface area contributed by atoms with Crippen LogP contribution in [0.5, 0.6) is 0 Å². The maximum Gasteiger partial charge on any atom is 0.0474 e. The monoisotopic (exact) mass is 283 g/mol. The SMILES string of the molecule is OCC1CCCC1NCc1ccccc1Br. The van der Waals surface area contributed by atoms with Crippen LogP contribution in [-0.4, -0.2) is 17.8 Å². The minimum atomic E-state index is 0.313. The number of nitrogens with one attached hydrogen (secondary N) is 1. The van der Waals surface area contributed by atoms with E-state index in [1.807, 2.05) is 6.07 Å². The predicted molar refractivity (Wildman–Crippen MR) is 69.2 cm³/mol. The molecule has 1 aromatic rings. The van der Waals surface area contributed by atoms with Gasteiger partial charge in [0.25, 0.3) is 0 Å². The van der Waals surface area contributed by atoms with Gasteiger partial charge in [0, 0.05) is 23.7 Å². The molecule has 2 nitrogen and oxygen atoms in total. The highest BCUT2D eigenvalue weighted by molar-refractivity contribution is 9.10. The molecular weight excluding hydrogens is 266 g/mol. The van der Waals surface area contributed by atoms with Crippen molar-refractivity contribution in [1.82, 2.24) is 5.32 Å². The fourth-order valence-corrected chi connectivity index (χ4v) is 2.83. The summed E-state index contributed by atoms with van der Waals surface area (Å²) >= 11 is 3.55. The van der Waals surface area contributed by atoms with E-state index in [4.69, 9.17) is 0 Å². The molecule has 0 spiro atoms. The summed E-state index contributed by atoms with van der Waals surface area (Å²) < 4.78 is 1.15. The molecule has 2 N–H and O–H groups in total. The molecule has 3 heteroatoms. The van der Waals surface area contributed by atoms with Crippen molar-refractivity contribution in [2.75, 3.05) is 6.61 Å². The molecular formula is C13H18BrNO. The Labute approximate surface area is 105 Å². The lowest BCUT2D eigenvalue weighted by atomic mass is 10.0. The van der Waals surface area contributed by atoms with Gasteiger partial charge in [0.15, 0.2) is 0 Å². The zero-order valence-electron chi connectivity index (χ0n) is 9.32. The Bertz CT molecular complexity index is 342. The Morgan fingerprint density at radius 3 is 2.88 bits per heavy atom. The number of rotatable bonds is 4. The van der Waals surface area contributed by atoms with E-state index in [1.54, 1.807) is 0 Å². The van der Waals surface area contributed by atoms with Crippen LogP contribution in [0, 0.1) is 5.92 Å². The summed E-state index contributed by atoms with van der Waals surface area (Å²) in [7, 11) is 0. The molecule has 2 unspecified atom stereocenters. The summed E-state index contributed by atoms with van der Waals surface area (Å²) in [5.41, 5.74) is 1.28. The van der Waals surface area contributed by atoms with E-state index < -0.39 is 0 Å². The number of hydrogen-bond acceptors (Lipinski definition) is 2. The fraction of sp³-hybridized carbons (Fsp3) is 0.538. The van der Waals surface area contributed by atoms with Gasteiger partial charge in [0.2, 0.25) is 0 Å². The van der Waals surface area contributed by atoms with Crippen LogP contribution in [0.3, 0.4) is 0 Å². The Kier molecular flexibility index (Phi) is 4.38. The van der Waals surface area contributed by atoms with E-state index in [1.165, 1.54) is 18.4 Å². The van der Waals surface area contributed by atoms with E-state index in [-0.39, 0.29) is 0 Å². The van der Waals surface area contributed by atoms with Crippen molar-refractivity contribution < 1.29 is 5.11 Å². The maximum absolute atomic E-state index is 9.24. The van der Waals surface area contributed by atoms with Crippen molar-refractivity contribution in [1.29, 1.82) is 0 Å². The minimum absolute atomic E-state index is 0.313. The van der Waals surface area contributed by atoms with Crippen molar-refractivity contribution in [2.45, 2.75) is 31.8 Å². The van der Waals surface area contributed by atoms with Crippen molar-refractivity contribution in [3.63, 3.8) is 0 Å². The first kappa shape index (κ1) is 12.1. The van der Waals surface area contributed by atoms with Gasteiger partial charge >= 0.3 is 0 Å². The Hall–Kier alpha value is -0.380. The first-order chi connectivity index (χ1) is 7.81. The Morgan fingerprint density at radius 2 is 2.12 bits per heavy atom. The van der Waals surface area contributed by atoms with Crippen LogP contribution in [0.4, 0.5) is 0 Å². The highest BCUT2D eigenvalue weighted by atomic mass is 79.9. The van der Waals surface area contributed by atoms with E-state index in [2.05, 4.69) is 39.4 Å². The molecule has 0 aliphatic heterocycles. The van der Waals surface area contributed by atoms with Crippen LogP contribution in [-0.2, 0) is 6.54 Å². The number of aliphatic hydroxyl groups excluding tert-OH is 1. The summed E-state index contributed by atoms with van der Waals surface area (Å²) in [5, 5.41) is 12.8. The van der Waals surface area contributed by atoms with Crippen LogP contribution in [0.25, 0.3) is 0 Å². The van der Waals surface area contributed by atoms with Gasteiger partial charge in [-0.3, -0.25) is 0 Å². The van der Waals surface area contributed by atoms with Crippen LogP contribution in [0.1, 0.15) is 24.8 Å². The molecule has 0 radical (unpaired) electrons. The van der Waals surface area contributed by atoms with E-state index >= 15 is 0 Å². The molecule has 1 aromatic carbocycles. The number of halogens is 1. The zero-order valence-corrected chi connectivity index (χ0v) is 10.9. The third-order valence-corrected chi connectivity index (χ3v) is 4.18. The average Bonchev–Trinajstić information content (AvgIpc) is 2.75. The lowest BCUT2D eigenvalue weighted by molar-refractivity contribution is 0.205. The molecule has 1 aliphatic rings. The van der Waals surface area contributed by atoms with Gasteiger partial charge in [0.05, 0.1) is 0 Å². The van der Waals surface area contributed by atoms with Crippen LogP contribution >= 0.6 is 15.9 Å². The van der Waals surface area contributed by atoms with Crippen molar-refractivity contribution in [3.05, 3.63) is 34.3 Å². The standard InChI is InChI=1S/C13H18BrNO/c14-12-6-2-1-4-10(12)8-15-13-7-3-5-11(13)9-16/h1-2,4,6,11,13,15-16H,3,5,7-9H2. The quantitative estimate of drug-likeness (QED) is 0.891. The zero-order chi connectivity index (χ0) is 11.4. The van der Waals surface area contributed by atoms with Crippen molar-refractivity contribution >= 4 is 15.9 Å². The lowest BCUT2D eigenvalue weighted by Crippen LogP contribution is -2.33. The second-order valence-corrected chi connectivity index (χ2v) is 5.31. The Morgan fingerprint density at radius 1 is 1.31 bits per heavy atom. The smallest absolute Gasteiger partial charge is 0.0474 e. The summed E-state index contributed by atoms with van der Waals surface area (Å²) in [6, 6.07) is 8.76. The van der Waals surface area contributed by atoms with Gasteiger partial charge in [0.1, 0.15) is 0 Å². The van der Waals surface area contributed by atoms with Gasteiger partial charge in [-0.25, -0.2) is 0 Å². The Balaban J connectivity index is 1.90. The van der Waals surface area contributed by atoms with E-state index in [9.17, 15) is 5.11 Å². The molecule has 0 bridgehead atoms. The molecule has 88 valence electrons. The van der Waals surface area contributed by atoms with Gasteiger partial charge in [-0.1, -0.05) is 40.5 Å². The molecule has 0 saturated heterocycles. The largest absolute Gasteiger partial charge is 0.396 e. The lowest BCUT2D eigenvalue weighted by Gasteiger charge is -2.19. The molecule has 2 atom stereocenters. The first-order valence-electron chi connectivity index (χ1n) is 5.89. The molecule has 2 rings (SSSR count). The molecule has 0 amide bonds. The molecule has 16 heavy (non-hydrogen) atoms.